The summed E-state index contributed by atoms with van der Waals surface area (Å²) in [5.41, 5.74) is 0. The fourth-order valence-corrected chi connectivity index (χ4v) is 3.67. The normalized spacial score (nSPS) is 15.0. The molecule has 0 radical (unpaired) electrons. The molecule has 25 heavy (non-hydrogen) atoms. The van der Waals surface area contributed by atoms with Gasteiger partial charge in [0.1, 0.15) is 0 Å². The van der Waals surface area contributed by atoms with Gasteiger partial charge in [-0.25, -0.2) is 0 Å². The van der Waals surface area contributed by atoms with Gasteiger partial charge < -0.3 is 10.0 Å². The summed E-state index contributed by atoms with van der Waals surface area (Å²) in [5, 5.41) is 8.61. The minimum atomic E-state index is -0.660. The van der Waals surface area contributed by atoms with E-state index in [2.05, 4.69) is 23.2 Å². The number of carbonyl (C=O) groups is 1. The molecule has 0 aromatic heterocycles. The average Bonchev–Trinajstić information content (AvgIpc) is 3.12. The van der Waals surface area contributed by atoms with Gasteiger partial charge in [0.25, 0.3) is 0 Å². The third-order valence-corrected chi connectivity index (χ3v) is 5.26. The molecule has 146 valence electrons. The maximum absolute atomic E-state index is 10.4. The first kappa shape index (κ1) is 22.0. The second-order valence-electron chi connectivity index (χ2n) is 7.52. The minimum absolute atomic E-state index is 0.333. The molecular formula is C21H40N2O2. The Labute approximate surface area is 155 Å². The number of hydrogen-bond acceptors (Lipinski definition) is 3. The molecule has 0 aliphatic carbocycles. The van der Waals surface area contributed by atoms with Crippen LogP contribution < -0.4 is 0 Å². The molecule has 0 saturated carbocycles. The van der Waals surface area contributed by atoms with Crippen LogP contribution in [0.5, 0.6) is 0 Å². The van der Waals surface area contributed by atoms with E-state index in [4.69, 9.17) is 5.11 Å². The highest BCUT2D eigenvalue weighted by Gasteiger charge is 2.17. The van der Waals surface area contributed by atoms with E-state index in [-0.39, 0.29) is 0 Å². The Balaban J connectivity index is 2.01. The number of rotatable bonds is 17. The van der Waals surface area contributed by atoms with E-state index in [0.29, 0.717) is 12.5 Å². The summed E-state index contributed by atoms with van der Waals surface area (Å²) in [6.45, 7) is 4.37. The molecule has 0 saturated heterocycles. The molecule has 0 fully saturated rings. The molecule has 0 bridgehead atoms. The van der Waals surface area contributed by atoms with Gasteiger partial charge in [-0.15, -0.1) is 0 Å². The average molecular weight is 353 g/mol. The number of nitrogens with zero attached hydrogens (tertiary/aromatic N) is 2. The SMILES string of the molecule is CCCCCCC(CCCCCCCCCCC(=O)O)N1C=NCC1. The van der Waals surface area contributed by atoms with Crippen molar-refractivity contribution >= 4 is 12.3 Å². The summed E-state index contributed by atoms with van der Waals surface area (Å²) >= 11 is 0. The van der Waals surface area contributed by atoms with Crippen molar-refractivity contribution in [3.05, 3.63) is 0 Å². The van der Waals surface area contributed by atoms with Crippen molar-refractivity contribution in [3.8, 4) is 0 Å². The highest BCUT2D eigenvalue weighted by molar-refractivity contribution is 5.66. The molecule has 1 N–H and O–H groups in total. The van der Waals surface area contributed by atoms with Gasteiger partial charge >= 0.3 is 5.97 Å². The van der Waals surface area contributed by atoms with Crippen molar-refractivity contribution in [2.45, 2.75) is 109 Å². The van der Waals surface area contributed by atoms with Crippen molar-refractivity contribution in [3.63, 3.8) is 0 Å². The predicted octanol–water partition coefficient (Wildman–Crippen LogP) is 5.65. The summed E-state index contributed by atoms with van der Waals surface area (Å²) < 4.78 is 0. The molecule has 4 nitrogen and oxygen atoms in total. The number of unbranched alkanes of at least 4 members (excludes halogenated alkanes) is 10. The molecule has 1 heterocycles. The maximum Gasteiger partial charge on any atom is 0.303 e. The van der Waals surface area contributed by atoms with Crippen LogP contribution in [-0.2, 0) is 4.79 Å². The molecule has 1 unspecified atom stereocenters. The monoisotopic (exact) mass is 352 g/mol. The lowest BCUT2D eigenvalue weighted by Gasteiger charge is -2.27. The Bertz CT molecular complexity index is 358. The second kappa shape index (κ2) is 15.2. The van der Waals surface area contributed by atoms with Crippen LogP contribution in [0, 0.1) is 0 Å². The third-order valence-electron chi connectivity index (χ3n) is 5.26. The minimum Gasteiger partial charge on any atom is -0.481 e. The zero-order valence-electron chi connectivity index (χ0n) is 16.4. The van der Waals surface area contributed by atoms with E-state index < -0.39 is 5.97 Å². The van der Waals surface area contributed by atoms with Crippen molar-refractivity contribution in [1.29, 1.82) is 0 Å². The second-order valence-corrected chi connectivity index (χ2v) is 7.52. The van der Waals surface area contributed by atoms with Crippen LogP contribution in [0.4, 0.5) is 0 Å². The molecular weight excluding hydrogens is 312 g/mol. The number of aliphatic carboxylic acids is 1. The van der Waals surface area contributed by atoms with Crippen LogP contribution in [-0.4, -0.2) is 41.4 Å². The van der Waals surface area contributed by atoms with E-state index in [9.17, 15) is 4.79 Å². The Morgan fingerprint density at radius 2 is 1.52 bits per heavy atom. The van der Waals surface area contributed by atoms with Crippen LogP contribution >= 0.6 is 0 Å². The summed E-state index contributed by atoms with van der Waals surface area (Å²) in [6, 6.07) is 0.708. The van der Waals surface area contributed by atoms with Gasteiger partial charge in [-0.1, -0.05) is 77.6 Å². The van der Waals surface area contributed by atoms with E-state index in [1.807, 2.05) is 0 Å². The summed E-state index contributed by atoms with van der Waals surface area (Å²) in [7, 11) is 0. The van der Waals surface area contributed by atoms with Gasteiger partial charge in [0.15, 0.2) is 0 Å². The number of aliphatic imine (C=N–C) groups is 1. The molecule has 0 spiro atoms. The molecule has 1 atom stereocenters. The first-order chi connectivity index (χ1) is 12.2. The molecule has 1 aliphatic rings. The Hall–Kier alpha value is -1.06. The van der Waals surface area contributed by atoms with Crippen molar-refractivity contribution in [2.75, 3.05) is 13.1 Å². The lowest BCUT2D eigenvalue weighted by molar-refractivity contribution is -0.137. The number of carboxylic acids is 1. The first-order valence-corrected chi connectivity index (χ1v) is 10.7. The Morgan fingerprint density at radius 3 is 2.04 bits per heavy atom. The zero-order valence-corrected chi connectivity index (χ0v) is 16.4. The lowest BCUT2D eigenvalue weighted by atomic mass is 9.99. The highest BCUT2D eigenvalue weighted by atomic mass is 16.4. The third kappa shape index (κ3) is 12.0. The van der Waals surface area contributed by atoms with Crippen LogP contribution in [0.25, 0.3) is 0 Å². The van der Waals surface area contributed by atoms with E-state index in [1.54, 1.807) is 0 Å². The van der Waals surface area contributed by atoms with Crippen molar-refractivity contribution in [2.24, 2.45) is 4.99 Å². The van der Waals surface area contributed by atoms with Gasteiger partial charge in [0.05, 0.1) is 12.9 Å². The zero-order chi connectivity index (χ0) is 18.2. The van der Waals surface area contributed by atoms with Crippen LogP contribution in [0.3, 0.4) is 0 Å². The number of hydrogen-bond donors (Lipinski definition) is 1. The number of carboxylic acid groups (broad SMARTS) is 1. The quantitative estimate of drug-likeness (QED) is 0.344. The summed E-state index contributed by atoms with van der Waals surface area (Å²) in [5.74, 6) is -0.660. The molecule has 1 rings (SSSR count). The van der Waals surface area contributed by atoms with Gasteiger partial charge in [-0.2, -0.15) is 0 Å². The van der Waals surface area contributed by atoms with Gasteiger partial charge in [0.2, 0.25) is 0 Å². The van der Waals surface area contributed by atoms with Crippen molar-refractivity contribution < 1.29 is 9.90 Å². The van der Waals surface area contributed by atoms with E-state index >= 15 is 0 Å². The van der Waals surface area contributed by atoms with Crippen molar-refractivity contribution in [1.82, 2.24) is 4.90 Å². The van der Waals surface area contributed by atoms with Crippen LogP contribution in [0.1, 0.15) is 103 Å². The topological polar surface area (TPSA) is 52.9 Å². The molecule has 1 aliphatic heterocycles. The smallest absolute Gasteiger partial charge is 0.303 e. The van der Waals surface area contributed by atoms with E-state index in [1.165, 1.54) is 77.0 Å². The molecule has 4 heteroatoms. The molecule has 0 amide bonds. The summed E-state index contributed by atoms with van der Waals surface area (Å²) in [6.07, 6.45) is 20.2. The fraction of sp³-hybridized carbons (Fsp3) is 0.905. The van der Waals surface area contributed by atoms with E-state index in [0.717, 1.165) is 25.9 Å². The largest absolute Gasteiger partial charge is 0.481 e. The lowest BCUT2D eigenvalue weighted by Crippen LogP contribution is -2.32. The molecule has 0 aromatic rings. The molecule has 0 aromatic carbocycles. The maximum atomic E-state index is 10.4. The van der Waals surface area contributed by atoms with Gasteiger partial charge in [-0.05, 0) is 19.3 Å². The standard InChI is InChI=1S/C21H40N2O2/c1-2-3-4-11-14-20(23-18-17-22-19-23)15-12-9-7-5-6-8-10-13-16-21(24)25/h19-20H,2-18H2,1H3,(H,24,25). The van der Waals surface area contributed by atoms with Gasteiger partial charge in [0, 0.05) is 19.0 Å². The summed E-state index contributed by atoms with van der Waals surface area (Å²) in [4.78, 5) is 17.3. The van der Waals surface area contributed by atoms with Crippen LogP contribution in [0.15, 0.2) is 4.99 Å². The Morgan fingerprint density at radius 1 is 0.960 bits per heavy atom. The Kier molecular flexibility index (Phi) is 13.4. The first-order valence-electron chi connectivity index (χ1n) is 10.7. The van der Waals surface area contributed by atoms with Gasteiger partial charge in [-0.3, -0.25) is 9.79 Å². The fourth-order valence-electron chi connectivity index (χ4n) is 3.67. The highest BCUT2D eigenvalue weighted by Crippen LogP contribution is 2.19. The predicted molar refractivity (Wildman–Crippen MR) is 106 cm³/mol. The van der Waals surface area contributed by atoms with Crippen LogP contribution in [0.2, 0.25) is 0 Å².